The Kier molecular flexibility index (Phi) is 5.33. The van der Waals surface area contributed by atoms with E-state index in [1.807, 2.05) is 11.8 Å². The third kappa shape index (κ3) is 4.52. The van der Waals surface area contributed by atoms with Crippen LogP contribution in [0.15, 0.2) is 23.2 Å². The number of benzene rings is 1. The van der Waals surface area contributed by atoms with Crippen molar-refractivity contribution in [2.24, 2.45) is 4.99 Å². The molecule has 1 aliphatic rings. The van der Waals surface area contributed by atoms with E-state index in [4.69, 9.17) is 5.11 Å². The largest absolute Gasteiger partial charge is 0.505 e. The lowest BCUT2D eigenvalue weighted by Gasteiger charge is -2.24. The summed E-state index contributed by atoms with van der Waals surface area (Å²) < 4.78 is 13.5. The minimum Gasteiger partial charge on any atom is -0.505 e. The summed E-state index contributed by atoms with van der Waals surface area (Å²) in [7, 11) is 1.72. The topological polar surface area (TPSA) is 56.7 Å². The fourth-order valence-corrected chi connectivity index (χ4v) is 3.56. The number of hydrogen-bond acceptors (Lipinski definition) is 3. The number of rotatable bonds is 4. The van der Waals surface area contributed by atoms with Gasteiger partial charge in [0, 0.05) is 24.9 Å². The summed E-state index contributed by atoms with van der Waals surface area (Å²) in [5.41, 5.74) is 0.759. The lowest BCUT2D eigenvalue weighted by atomic mass is 10.1. The molecule has 1 heterocycles. The van der Waals surface area contributed by atoms with Crippen LogP contribution >= 0.6 is 11.8 Å². The van der Waals surface area contributed by atoms with Gasteiger partial charge in [0.05, 0.1) is 0 Å². The predicted molar refractivity (Wildman–Crippen MR) is 86.4 cm³/mol. The van der Waals surface area contributed by atoms with Gasteiger partial charge >= 0.3 is 0 Å². The van der Waals surface area contributed by atoms with Gasteiger partial charge < -0.3 is 15.7 Å². The van der Waals surface area contributed by atoms with Crippen molar-refractivity contribution in [3.8, 4) is 5.75 Å². The second kappa shape index (κ2) is 7.02. The van der Waals surface area contributed by atoms with Crippen LogP contribution in [0.5, 0.6) is 5.75 Å². The van der Waals surface area contributed by atoms with Crippen molar-refractivity contribution in [1.29, 1.82) is 0 Å². The molecule has 0 aliphatic carbocycles. The maximum absolute atomic E-state index is 13.3. The molecule has 0 aromatic heterocycles. The average molecular weight is 311 g/mol. The van der Waals surface area contributed by atoms with Crippen LogP contribution in [0, 0.1) is 5.82 Å². The highest BCUT2D eigenvalue weighted by Crippen LogP contribution is 2.36. The number of halogens is 1. The van der Waals surface area contributed by atoms with E-state index in [1.54, 1.807) is 13.1 Å². The minimum absolute atomic E-state index is 0.266. The molecule has 1 saturated heterocycles. The number of thioether (sulfide) groups is 1. The van der Waals surface area contributed by atoms with Crippen LogP contribution in [0.2, 0.25) is 0 Å². The highest BCUT2D eigenvalue weighted by Gasteiger charge is 2.29. The van der Waals surface area contributed by atoms with Gasteiger partial charge in [0.15, 0.2) is 17.5 Å². The van der Waals surface area contributed by atoms with Crippen LogP contribution < -0.4 is 10.6 Å². The van der Waals surface area contributed by atoms with Crippen molar-refractivity contribution in [2.45, 2.75) is 31.1 Å². The molecule has 3 N–H and O–H groups in total. The van der Waals surface area contributed by atoms with Gasteiger partial charge in [0.2, 0.25) is 0 Å². The molecule has 0 radical (unpaired) electrons. The Hall–Kier alpha value is -1.43. The third-order valence-electron chi connectivity index (χ3n) is 3.63. The molecule has 1 aromatic rings. The Morgan fingerprint density at radius 3 is 2.90 bits per heavy atom. The van der Waals surface area contributed by atoms with Gasteiger partial charge in [-0.3, -0.25) is 4.99 Å². The van der Waals surface area contributed by atoms with Crippen molar-refractivity contribution in [2.75, 3.05) is 19.3 Å². The molecule has 0 bridgehead atoms. The van der Waals surface area contributed by atoms with Crippen molar-refractivity contribution >= 4 is 17.7 Å². The second-order valence-electron chi connectivity index (χ2n) is 5.47. The Morgan fingerprint density at radius 2 is 2.29 bits per heavy atom. The quantitative estimate of drug-likeness (QED) is 0.591. The van der Waals surface area contributed by atoms with Crippen LogP contribution in [-0.2, 0) is 6.54 Å². The molecule has 6 heteroatoms. The maximum atomic E-state index is 13.3. The number of nitrogens with one attached hydrogen (secondary N) is 2. The normalized spacial score (nSPS) is 22.3. The first kappa shape index (κ1) is 15.9. The highest BCUT2D eigenvalue weighted by atomic mass is 32.2. The number of phenolic OH excluding ortho intramolecular Hbond substituents is 1. The van der Waals surface area contributed by atoms with E-state index in [9.17, 15) is 4.39 Å². The van der Waals surface area contributed by atoms with Gasteiger partial charge in [-0.1, -0.05) is 6.07 Å². The van der Waals surface area contributed by atoms with E-state index in [-0.39, 0.29) is 10.5 Å². The number of aromatic hydroxyl groups is 1. The zero-order chi connectivity index (χ0) is 15.3. The fraction of sp³-hybridized carbons (Fsp3) is 0.533. The van der Waals surface area contributed by atoms with Gasteiger partial charge in [-0.25, -0.2) is 4.39 Å². The first-order chi connectivity index (χ1) is 10.0. The molecule has 4 nitrogen and oxygen atoms in total. The average Bonchev–Trinajstić information content (AvgIpc) is 2.90. The summed E-state index contributed by atoms with van der Waals surface area (Å²) in [5.74, 6) is 0.994. The van der Waals surface area contributed by atoms with Crippen molar-refractivity contribution < 1.29 is 9.50 Å². The van der Waals surface area contributed by atoms with Crippen LogP contribution in [0.3, 0.4) is 0 Å². The Balaban J connectivity index is 1.83. The smallest absolute Gasteiger partial charge is 0.191 e. The lowest BCUT2D eigenvalue weighted by Crippen LogP contribution is -2.43. The van der Waals surface area contributed by atoms with Crippen LogP contribution in [-0.4, -0.2) is 35.2 Å². The summed E-state index contributed by atoms with van der Waals surface area (Å²) in [4.78, 5) is 4.18. The van der Waals surface area contributed by atoms with E-state index < -0.39 is 5.82 Å². The van der Waals surface area contributed by atoms with E-state index >= 15 is 0 Å². The Morgan fingerprint density at radius 1 is 1.48 bits per heavy atom. The van der Waals surface area contributed by atoms with Crippen LogP contribution in [0.1, 0.15) is 25.3 Å². The number of nitrogens with zero attached hydrogens (tertiary/aromatic N) is 1. The molecule has 0 amide bonds. The highest BCUT2D eigenvalue weighted by molar-refractivity contribution is 8.00. The molecule has 0 saturated carbocycles. The molecule has 1 aromatic carbocycles. The van der Waals surface area contributed by atoms with Crippen LogP contribution in [0.4, 0.5) is 4.39 Å². The van der Waals surface area contributed by atoms with E-state index in [1.165, 1.54) is 30.7 Å². The van der Waals surface area contributed by atoms with Gasteiger partial charge in [0.1, 0.15) is 0 Å². The maximum Gasteiger partial charge on any atom is 0.191 e. The molecule has 1 atom stereocenters. The summed E-state index contributed by atoms with van der Waals surface area (Å²) in [6.07, 6.45) is 2.48. The lowest BCUT2D eigenvalue weighted by molar-refractivity contribution is 0.431. The first-order valence-corrected chi connectivity index (χ1v) is 8.07. The van der Waals surface area contributed by atoms with Gasteiger partial charge in [-0.05, 0) is 43.2 Å². The molecular formula is C15H22FN3OS. The van der Waals surface area contributed by atoms with Crippen molar-refractivity contribution in [3.63, 3.8) is 0 Å². The summed E-state index contributed by atoms with van der Waals surface area (Å²) in [6, 6.07) is 4.37. The number of aliphatic imine (C=N–C) groups is 1. The molecule has 1 unspecified atom stereocenters. The molecule has 116 valence electrons. The zero-order valence-electron chi connectivity index (χ0n) is 12.4. The SMILES string of the molecule is CN=C(NCc1ccc(O)c(F)c1)NCC1(C)CCCS1. The van der Waals surface area contributed by atoms with Crippen molar-refractivity contribution in [1.82, 2.24) is 10.6 Å². The summed E-state index contributed by atoms with van der Waals surface area (Å²) in [6.45, 7) is 3.59. The molecule has 2 rings (SSSR count). The number of hydrogen-bond donors (Lipinski definition) is 3. The van der Waals surface area contributed by atoms with Gasteiger partial charge in [-0.15, -0.1) is 0 Å². The molecule has 1 fully saturated rings. The van der Waals surface area contributed by atoms with Gasteiger partial charge in [0.25, 0.3) is 0 Å². The van der Waals surface area contributed by atoms with Gasteiger partial charge in [-0.2, -0.15) is 11.8 Å². The fourth-order valence-electron chi connectivity index (χ4n) is 2.31. The summed E-state index contributed by atoms with van der Waals surface area (Å²) in [5, 5.41) is 15.6. The molecular weight excluding hydrogens is 289 g/mol. The minimum atomic E-state index is -0.605. The standard InChI is InChI=1S/C15H22FN3OS/c1-15(6-3-7-21-15)10-19-14(17-2)18-9-11-4-5-13(20)12(16)8-11/h4-5,8,20H,3,6-7,9-10H2,1-2H3,(H2,17,18,19). The predicted octanol–water partition coefficient (Wildman–Crippen LogP) is 2.48. The Labute approximate surface area is 129 Å². The summed E-state index contributed by atoms with van der Waals surface area (Å²) >= 11 is 1.99. The number of guanidine groups is 1. The van der Waals surface area contributed by atoms with Crippen LogP contribution in [0.25, 0.3) is 0 Å². The van der Waals surface area contributed by atoms with E-state index in [0.717, 1.165) is 12.1 Å². The number of phenols is 1. The third-order valence-corrected chi connectivity index (χ3v) is 5.16. The molecule has 0 spiro atoms. The van der Waals surface area contributed by atoms with Crippen molar-refractivity contribution in [3.05, 3.63) is 29.6 Å². The molecule has 21 heavy (non-hydrogen) atoms. The first-order valence-electron chi connectivity index (χ1n) is 7.08. The zero-order valence-corrected chi connectivity index (χ0v) is 13.3. The Bertz CT molecular complexity index is 516. The molecule has 1 aliphatic heterocycles. The van der Waals surface area contributed by atoms with E-state index in [0.29, 0.717) is 12.5 Å². The second-order valence-corrected chi connectivity index (χ2v) is 7.15. The monoisotopic (exact) mass is 311 g/mol. The van der Waals surface area contributed by atoms with E-state index in [2.05, 4.69) is 22.5 Å².